The van der Waals surface area contributed by atoms with Crippen LogP contribution in [0, 0.1) is 0 Å². The van der Waals surface area contributed by atoms with Gasteiger partial charge in [-0.2, -0.15) is 0 Å². The summed E-state index contributed by atoms with van der Waals surface area (Å²) in [7, 11) is 0. The number of amides is 2. The Hall–Kier alpha value is -1.55. The van der Waals surface area contributed by atoms with Crippen molar-refractivity contribution in [2.45, 2.75) is 5.88 Å². The zero-order valence-electron chi connectivity index (χ0n) is 10.0. The van der Waals surface area contributed by atoms with Crippen molar-refractivity contribution >= 4 is 23.9 Å². The lowest BCUT2D eigenvalue weighted by atomic mass is 10.1. The minimum Gasteiger partial charge on any atom is -0.342 e. The minimum absolute atomic E-state index is 0.0154. The van der Waals surface area contributed by atoms with E-state index >= 15 is 0 Å². The fraction of sp³-hybridized carbons (Fsp3) is 0.385. The number of hydrogen-bond acceptors (Lipinski definition) is 2. The fourth-order valence-corrected chi connectivity index (χ4v) is 2.13. The van der Waals surface area contributed by atoms with Crippen molar-refractivity contribution in [2.75, 3.05) is 26.2 Å². The molecule has 0 aliphatic carbocycles. The predicted octanol–water partition coefficient (Wildman–Crippen LogP) is 1.34. The molecule has 0 radical (unpaired) electrons. The van der Waals surface area contributed by atoms with Crippen LogP contribution in [0.5, 0.6) is 0 Å². The second-order valence-corrected chi connectivity index (χ2v) is 4.53. The summed E-state index contributed by atoms with van der Waals surface area (Å²) >= 11 is 5.71. The molecule has 0 saturated carbocycles. The maximum Gasteiger partial charge on any atom is 0.253 e. The minimum atomic E-state index is 0.0154. The summed E-state index contributed by atoms with van der Waals surface area (Å²) < 4.78 is 0. The number of benzene rings is 1. The molecule has 1 aliphatic rings. The number of hydrogen-bond donors (Lipinski definition) is 0. The van der Waals surface area contributed by atoms with Crippen LogP contribution < -0.4 is 0 Å². The van der Waals surface area contributed by atoms with Gasteiger partial charge in [-0.05, 0) is 17.7 Å². The van der Waals surface area contributed by atoms with Crippen LogP contribution in [0.1, 0.15) is 15.9 Å². The Morgan fingerprint density at radius 2 is 1.78 bits per heavy atom. The van der Waals surface area contributed by atoms with Gasteiger partial charge < -0.3 is 9.80 Å². The van der Waals surface area contributed by atoms with Crippen LogP contribution in [-0.4, -0.2) is 48.3 Å². The fourth-order valence-electron chi connectivity index (χ4n) is 1.95. The van der Waals surface area contributed by atoms with Crippen molar-refractivity contribution in [2.24, 2.45) is 0 Å². The number of carbonyl (C=O) groups is 2. The van der Waals surface area contributed by atoms with E-state index < -0.39 is 0 Å². The first kappa shape index (κ1) is 12.9. The maximum absolute atomic E-state index is 12.2. The van der Waals surface area contributed by atoms with Crippen LogP contribution in [0.3, 0.4) is 0 Å². The highest BCUT2D eigenvalue weighted by atomic mass is 35.5. The molecule has 1 fully saturated rings. The zero-order valence-corrected chi connectivity index (χ0v) is 10.8. The quantitative estimate of drug-likeness (QED) is 0.612. The summed E-state index contributed by atoms with van der Waals surface area (Å²) in [5.41, 5.74) is 1.67. The Bertz CT molecular complexity index is 425. The highest BCUT2D eigenvalue weighted by Gasteiger charge is 2.20. The first-order valence-corrected chi connectivity index (χ1v) is 6.41. The lowest BCUT2D eigenvalue weighted by molar-refractivity contribution is -0.119. The van der Waals surface area contributed by atoms with Gasteiger partial charge in [0.1, 0.15) is 0 Å². The SMILES string of the molecule is O=CN1CCN(C(=O)c2ccc(CCl)cc2)CC1. The lowest BCUT2D eigenvalue weighted by Crippen LogP contribution is -2.48. The van der Waals surface area contributed by atoms with Crippen LogP contribution in [0.2, 0.25) is 0 Å². The summed E-state index contributed by atoms with van der Waals surface area (Å²) in [4.78, 5) is 26.2. The molecule has 2 amide bonds. The smallest absolute Gasteiger partial charge is 0.253 e. The third kappa shape index (κ3) is 2.82. The molecule has 2 rings (SSSR count). The topological polar surface area (TPSA) is 40.6 Å². The summed E-state index contributed by atoms with van der Waals surface area (Å²) in [6.45, 7) is 2.40. The highest BCUT2D eigenvalue weighted by Crippen LogP contribution is 2.11. The molecule has 0 unspecified atom stereocenters. The van der Waals surface area contributed by atoms with Crippen molar-refractivity contribution < 1.29 is 9.59 Å². The van der Waals surface area contributed by atoms with E-state index in [-0.39, 0.29) is 5.91 Å². The van der Waals surface area contributed by atoms with E-state index in [0.717, 1.165) is 12.0 Å². The van der Waals surface area contributed by atoms with Gasteiger partial charge in [0.15, 0.2) is 0 Å². The van der Waals surface area contributed by atoms with E-state index in [9.17, 15) is 9.59 Å². The number of piperazine rings is 1. The van der Waals surface area contributed by atoms with Gasteiger partial charge in [-0.3, -0.25) is 9.59 Å². The molecular weight excluding hydrogens is 252 g/mol. The summed E-state index contributed by atoms with van der Waals surface area (Å²) in [6, 6.07) is 7.32. The first-order chi connectivity index (χ1) is 8.74. The summed E-state index contributed by atoms with van der Waals surface area (Å²) in [5.74, 6) is 0.466. The van der Waals surface area contributed by atoms with Crippen molar-refractivity contribution in [1.29, 1.82) is 0 Å². The standard InChI is InChI=1S/C13H15ClN2O2/c14-9-11-1-3-12(4-2-11)13(18)16-7-5-15(10-17)6-8-16/h1-4,10H,5-9H2. The van der Waals surface area contributed by atoms with Crippen molar-refractivity contribution in [1.82, 2.24) is 9.80 Å². The number of alkyl halides is 1. The maximum atomic E-state index is 12.2. The average Bonchev–Trinajstić information content (AvgIpc) is 2.47. The summed E-state index contributed by atoms with van der Waals surface area (Å²) in [6.07, 6.45) is 0.830. The van der Waals surface area contributed by atoms with Gasteiger partial charge in [0.2, 0.25) is 6.41 Å². The zero-order chi connectivity index (χ0) is 13.0. The molecule has 0 N–H and O–H groups in total. The molecule has 0 bridgehead atoms. The molecular formula is C13H15ClN2O2. The lowest BCUT2D eigenvalue weighted by Gasteiger charge is -2.32. The third-order valence-corrected chi connectivity index (χ3v) is 3.41. The second kappa shape index (κ2) is 5.87. The van der Waals surface area contributed by atoms with Crippen molar-refractivity contribution in [3.05, 3.63) is 35.4 Å². The van der Waals surface area contributed by atoms with Gasteiger partial charge in [-0.25, -0.2) is 0 Å². The van der Waals surface area contributed by atoms with E-state index in [1.54, 1.807) is 21.9 Å². The first-order valence-electron chi connectivity index (χ1n) is 5.88. The van der Waals surface area contributed by atoms with Crippen LogP contribution >= 0.6 is 11.6 Å². The number of nitrogens with zero attached hydrogens (tertiary/aromatic N) is 2. The molecule has 96 valence electrons. The van der Waals surface area contributed by atoms with E-state index in [0.29, 0.717) is 37.6 Å². The molecule has 0 aromatic heterocycles. The Labute approximate surface area is 111 Å². The van der Waals surface area contributed by atoms with E-state index in [4.69, 9.17) is 11.6 Å². The Balaban J connectivity index is 2.00. The van der Waals surface area contributed by atoms with Crippen molar-refractivity contribution in [3.8, 4) is 0 Å². The Kier molecular flexibility index (Phi) is 4.20. The molecule has 1 heterocycles. The molecule has 1 aromatic carbocycles. The Morgan fingerprint density at radius 3 is 2.28 bits per heavy atom. The van der Waals surface area contributed by atoms with Gasteiger partial charge in [0.05, 0.1) is 0 Å². The second-order valence-electron chi connectivity index (χ2n) is 4.26. The molecule has 1 saturated heterocycles. The van der Waals surface area contributed by atoms with Gasteiger partial charge >= 0.3 is 0 Å². The normalized spacial score (nSPS) is 15.6. The molecule has 5 heteroatoms. The number of halogens is 1. The predicted molar refractivity (Wildman–Crippen MR) is 69.5 cm³/mol. The largest absolute Gasteiger partial charge is 0.342 e. The van der Waals surface area contributed by atoms with Gasteiger partial charge in [-0.1, -0.05) is 12.1 Å². The number of rotatable bonds is 3. The molecule has 4 nitrogen and oxygen atoms in total. The van der Waals surface area contributed by atoms with Gasteiger partial charge in [0.25, 0.3) is 5.91 Å². The summed E-state index contributed by atoms with van der Waals surface area (Å²) in [5, 5.41) is 0. The molecule has 1 aliphatic heterocycles. The van der Waals surface area contributed by atoms with E-state index in [2.05, 4.69) is 0 Å². The third-order valence-electron chi connectivity index (χ3n) is 3.11. The van der Waals surface area contributed by atoms with Crippen LogP contribution in [0.15, 0.2) is 24.3 Å². The monoisotopic (exact) mass is 266 g/mol. The molecule has 0 spiro atoms. The highest BCUT2D eigenvalue weighted by molar-refractivity contribution is 6.17. The van der Waals surface area contributed by atoms with E-state index in [1.165, 1.54) is 0 Å². The average molecular weight is 267 g/mol. The van der Waals surface area contributed by atoms with Crippen LogP contribution in [0.4, 0.5) is 0 Å². The van der Waals surface area contributed by atoms with E-state index in [1.807, 2.05) is 12.1 Å². The van der Waals surface area contributed by atoms with Gasteiger partial charge in [0, 0.05) is 37.6 Å². The Morgan fingerprint density at radius 1 is 1.17 bits per heavy atom. The molecule has 0 atom stereocenters. The van der Waals surface area contributed by atoms with Crippen molar-refractivity contribution in [3.63, 3.8) is 0 Å². The van der Waals surface area contributed by atoms with Crippen LogP contribution in [-0.2, 0) is 10.7 Å². The molecule has 18 heavy (non-hydrogen) atoms. The molecule has 1 aromatic rings. The van der Waals surface area contributed by atoms with Gasteiger partial charge in [-0.15, -0.1) is 11.6 Å². The number of carbonyl (C=O) groups excluding carboxylic acids is 2. The van der Waals surface area contributed by atoms with Crippen LogP contribution in [0.25, 0.3) is 0 Å².